The first-order chi connectivity index (χ1) is 4.54. The summed E-state index contributed by atoms with van der Waals surface area (Å²) < 4.78 is 11.6. The van der Waals surface area contributed by atoms with Crippen molar-refractivity contribution in [1.82, 2.24) is 0 Å². The van der Waals surface area contributed by atoms with E-state index in [4.69, 9.17) is 5.11 Å². The Labute approximate surface area is 68.5 Å². The zero-order valence-corrected chi connectivity index (χ0v) is 7.94. The molecule has 1 N–H and O–H groups in total. The minimum absolute atomic E-state index is 0.114. The van der Waals surface area contributed by atoms with E-state index in [0.717, 1.165) is 12.2 Å². The Balaban J connectivity index is 4.03. The molecule has 0 radical (unpaired) electrons. The Morgan fingerprint density at radius 3 is 2.40 bits per heavy atom. The van der Waals surface area contributed by atoms with Crippen molar-refractivity contribution in [3.63, 3.8) is 0 Å². The number of halogens is 1. The molecule has 54 valence electrons. The molecule has 0 amide bonds. The number of carboxylic acid groups (broad SMARTS) is 1. The average molecular weight is 312 g/mol. The molecular formula is C6H5FO2W. The van der Waals surface area contributed by atoms with E-state index >= 15 is 0 Å². The van der Waals surface area contributed by atoms with Crippen LogP contribution in [0.1, 0.15) is 0 Å². The molecule has 2 nitrogen and oxygen atoms in total. The molecule has 0 aliphatic carbocycles. The Morgan fingerprint density at radius 1 is 1.60 bits per heavy atom. The van der Waals surface area contributed by atoms with Crippen molar-refractivity contribution in [1.29, 1.82) is 0 Å². The van der Waals surface area contributed by atoms with E-state index in [9.17, 15) is 9.18 Å². The zero-order chi connectivity index (χ0) is 8.15. The molecular weight excluding hydrogens is 307 g/mol. The molecule has 0 atom stereocenters. The van der Waals surface area contributed by atoms with Crippen molar-refractivity contribution in [2.24, 2.45) is 0 Å². The van der Waals surface area contributed by atoms with E-state index in [1.807, 2.05) is 0 Å². The van der Waals surface area contributed by atoms with E-state index in [1.54, 1.807) is 0 Å². The fraction of sp³-hybridized carbons (Fsp3) is 0. The summed E-state index contributed by atoms with van der Waals surface area (Å²) in [6.07, 6.45) is 2.22. The van der Waals surface area contributed by atoms with Crippen LogP contribution in [0.3, 0.4) is 0 Å². The van der Waals surface area contributed by atoms with Gasteiger partial charge in [0.2, 0.25) is 0 Å². The molecule has 0 fully saturated rings. The van der Waals surface area contributed by atoms with Crippen LogP contribution in [0.5, 0.6) is 0 Å². The van der Waals surface area contributed by atoms with Crippen LogP contribution >= 0.6 is 0 Å². The van der Waals surface area contributed by atoms with Gasteiger partial charge in [-0.05, 0) is 0 Å². The predicted octanol–water partition coefficient (Wildman–Crippen LogP) is 0.830. The van der Waals surface area contributed by atoms with Crippen LogP contribution in [0.2, 0.25) is 0 Å². The fourth-order valence-corrected chi connectivity index (χ4v) is 0.482. The molecule has 0 saturated heterocycles. The molecule has 0 aromatic heterocycles. The van der Waals surface area contributed by atoms with Crippen molar-refractivity contribution in [2.75, 3.05) is 0 Å². The molecule has 4 heteroatoms. The molecule has 0 saturated carbocycles. The Morgan fingerprint density at radius 2 is 2.10 bits per heavy atom. The summed E-state index contributed by atoms with van der Waals surface area (Å²) in [5.74, 6) is -1.13. The van der Waals surface area contributed by atoms with E-state index in [1.165, 1.54) is 0 Å². The van der Waals surface area contributed by atoms with Gasteiger partial charge >= 0.3 is 68.1 Å². The number of allylic oxidation sites excluding steroid dienone is 1. The first-order valence-corrected chi connectivity index (χ1v) is 3.80. The van der Waals surface area contributed by atoms with Crippen LogP contribution in [0, 0.1) is 0 Å². The summed E-state index contributed by atoms with van der Waals surface area (Å²) in [5.41, 5.74) is -0.114. The minimum atomic E-state index is -1.13. The number of carbonyl (C=O) groups is 1. The number of hydrogen-bond donors (Lipinski definition) is 1. The third-order valence-corrected chi connectivity index (χ3v) is 1.18. The van der Waals surface area contributed by atoms with Crippen molar-refractivity contribution in [3.05, 3.63) is 24.3 Å². The Hall–Kier alpha value is -0.562. The van der Waals surface area contributed by atoms with Crippen LogP contribution in [0.25, 0.3) is 0 Å². The monoisotopic (exact) mass is 312 g/mol. The quantitative estimate of drug-likeness (QED) is 0.619. The maximum absolute atomic E-state index is 12.0. The first kappa shape index (κ1) is 9.44. The van der Waals surface area contributed by atoms with Crippen LogP contribution in [0.4, 0.5) is 4.39 Å². The van der Waals surface area contributed by atoms with E-state index in [2.05, 4.69) is 6.58 Å². The topological polar surface area (TPSA) is 37.3 Å². The average Bonchev–Trinajstić information content (AvgIpc) is 1.82. The van der Waals surface area contributed by atoms with Crippen molar-refractivity contribution in [3.8, 4) is 0 Å². The van der Waals surface area contributed by atoms with Gasteiger partial charge in [0.15, 0.2) is 0 Å². The van der Waals surface area contributed by atoms with Gasteiger partial charge in [-0.1, -0.05) is 0 Å². The van der Waals surface area contributed by atoms with E-state index < -0.39 is 5.97 Å². The molecule has 0 aliphatic heterocycles. The van der Waals surface area contributed by atoms with Crippen LogP contribution in [0.15, 0.2) is 24.3 Å². The third-order valence-electron chi connectivity index (χ3n) is 0.690. The summed E-state index contributed by atoms with van der Waals surface area (Å²) in [6.45, 7) is 3.17. The molecule has 0 aromatic carbocycles. The second kappa shape index (κ2) is 4.28. The molecule has 0 aromatic rings. The van der Waals surface area contributed by atoms with E-state index in [0.29, 0.717) is 19.4 Å². The summed E-state index contributed by atoms with van der Waals surface area (Å²) in [4.78, 5) is 10.0. The zero-order valence-electron chi connectivity index (χ0n) is 5.00. The van der Waals surface area contributed by atoms with Crippen molar-refractivity contribution < 1.29 is 33.6 Å². The second-order valence-electron chi connectivity index (χ2n) is 1.47. The molecule has 10 heavy (non-hydrogen) atoms. The van der Waals surface area contributed by atoms with Crippen LogP contribution in [-0.2, 0) is 24.1 Å². The van der Waals surface area contributed by atoms with Gasteiger partial charge in [-0.3, -0.25) is 0 Å². The maximum atomic E-state index is 12.0. The summed E-state index contributed by atoms with van der Waals surface area (Å²) >= 11 is 0.671. The van der Waals surface area contributed by atoms with Gasteiger partial charge in [0.05, 0.1) is 0 Å². The third kappa shape index (κ3) is 4.33. The second-order valence-corrected chi connectivity index (χ2v) is 2.87. The van der Waals surface area contributed by atoms with Gasteiger partial charge in [-0.2, -0.15) is 0 Å². The molecule has 0 spiro atoms. The molecule has 0 heterocycles. The normalized spacial score (nSPS) is 9.70. The fourth-order valence-electron chi connectivity index (χ4n) is 0.237. The Kier molecular flexibility index (Phi) is 4.04. The number of carboxylic acids is 1. The van der Waals surface area contributed by atoms with Gasteiger partial charge in [-0.25, -0.2) is 0 Å². The molecule has 0 aliphatic rings. The van der Waals surface area contributed by atoms with Gasteiger partial charge in [0.1, 0.15) is 0 Å². The molecule has 0 bridgehead atoms. The van der Waals surface area contributed by atoms with Crippen LogP contribution < -0.4 is 0 Å². The summed E-state index contributed by atoms with van der Waals surface area (Å²) in [7, 11) is 0. The van der Waals surface area contributed by atoms with Crippen molar-refractivity contribution >= 4 is 10.1 Å². The van der Waals surface area contributed by atoms with Gasteiger partial charge < -0.3 is 0 Å². The summed E-state index contributed by atoms with van der Waals surface area (Å²) in [5, 5.41) is 8.22. The molecule has 0 rings (SSSR count). The Bertz CT molecular complexity index is 208. The van der Waals surface area contributed by atoms with Gasteiger partial charge in [0, 0.05) is 0 Å². The molecule has 0 unspecified atom stereocenters. The van der Waals surface area contributed by atoms with Gasteiger partial charge in [-0.15, -0.1) is 0 Å². The van der Waals surface area contributed by atoms with E-state index in [-0.39, 0.29) is 9.72 Å². The van der Waals surface area contributed by atoms with Gasteiger partial charge in [0.25, 0.3) is 0 Å². The number of hydrogen-bond acceptors (Lipinski definition) is 1. The number of rotatable bonds is 3. The van der Waals surface area contributed by atoms with Crippen LogP contribution in [-0.4, -0.2) is 15.2 Å². The predicted molar refractivity (Wildman–Crippen MR) is 32.0 cm³/mol. The number of aliphatic carboxylic acids is 1. The first-order valence-electron chi connectivity index (χ1n) is 2.34. The standard InChI is InChI=1S/C6H5FO2.W/c1-5(6(8)9)3-2-4-7;/h2-3H,1H2,(H,8,9);/b3-2-;. The SMILES string of the molecule is C=C(/C=C\[C](F)=[W])C(=O)O. The van der Waals surface area contributed by atoms with Crippen molar-refractivity contribution in [2.45, 2.75) is 0 Å². The summed E-state index contributed by atoms with van der Waals surface area (Å²) in [6, 6.07) is 0.